The molecule has 3 N–H and O–H groups in total. The first kappa shape index (κ1) is 10.9. The molecule has 0 aliphatic carbocycles. The highest BCUT2D eigenvalue weighted by Crippen LogP contribution is 2.41. The summed E-state index contributed by atoms with van der Waals surface area (Å²) in [6.07, 6.45) is 2.57. The van der Waals surface area contributed by atoms with Gasteiger partial charge in [-0.05, 0) is 11.6 Å². The summed E-state index contributed by atoms with van der Waals surface area (Å²) in [5, 5.41) is 0. The largest absolute Gasteiger partial charge is 0.543 e. The Bertz CT molecular complexity index is 352. The van der Waals surface area contributed by atoms with E-state index in [2.05, 4.69) is 15.0 Å². The van der Waals surface area contributed by atoms with E-state index in [1.807, 2.05) is 30.3 Å². The monoisotopic (exact) mass is 215 g/mol. The lowest BCUT2D eigenvalue weighted by Crippen LogP contribution is -1.96. The van der Waals surface area contributed by atoms with Gasteiger partial charge in [0.1, 0.15) is 0 Å². The van der Waals surface area contributed by atoms with Gasteiger partial charge in [-0.15, -0.1) is 0 Å². The zero-order valence-electron chi connectivity index (χ0n) is 7.24. The molecule has 0 heterocycles. The van der Waals surface area contributed by atoms with Crippen LogP contribution in [0.1, 0.15) is 5.56 Å². The summed E-state index contributed by atoms with van der Waals surface area (Å²) in [5.41, 5.74) is 0.838. The summed E-state index contributed by atoms with van der Waals surface area (Å²) >= 11 is 0. The second-order valence-corrected chi connectivity index (χ2v) is 3.75. The third-order valence-electron chi connectivity index (χ3n) is 1.39. The second-order valence-electron chi connectivity index (χ2n) is 2.39. The van der Waals surface area contributed by atoms with E-state index in [-0.39, 0.29) is 0 Å². The number of hydrogen-bond acceptors (Lipinski definition) is 4. The predicted molar refractivity (Wildman–Crippen MR) is 51.7 cm³/mol. The summed E-state index contributed by atoms with van der Waals surface area (Å²) in [7, 11) is -4.12. The lowest BCUT2D eigenvalue weighted by molar-refractivity contribution is 0.192. The van der Waals surface area contributed by atoms with Gasteiger partial charge in [-0.2, -0.15) is 4.62 Å². The maximum atomic E-state index is 10.7. The smallest absolute Gasteiger partial charge is 0.411 e. The van der Waals surface area contributed by atoms with Gasteiger partial charge in [-0.25, -0.2) is 10.5 Å². The van der Waals surface area contributed by atoms with Crippen molar-refractivity contribution in [3.05, 3.63) is 42.2 Å². The average Bonchev–Trinajstić information content (AvgIpc) is 2.19. The molecule has 5 nitrogen and oxygen atoms in total. The van der Waals surface area contributed by atoms with Crippen molar-refractivity contribution in [1.82, 2.24) is 0 Å². The Labute approximate surface area is 81.3 Å². The van der Waals surface area contributed by atoms with Gasteiger partial charge in [-0.1, -0.05) is 30.3 Å². The molecule has 0 radical (unpaired) electrons. The third-order valence-corrected chi connectivity index (χ3v) is 2.04. The predicted octanol–water partition coefficient (Wildman–Crippen LogP) is 1.66. The first-order valence-corrected chi connectivity index (χ1v) is 5.25. The van der Waals surface area contributed by atoms with Gasteiger partial charge in [0, 0.05) is 0 Å². The van der Waals surface area contributed by atoms with Crippen molar-refractivity contribution < 1.29 is 18.6 Å². The molecular weight excluding hydrogens is 205 g/mol. The minimum absolute atomic E-state index is 0.838. The van der Waals surface area contributed by atoms with Crippen LogP contribution in [0.25, 0.3) is 6.08 Å². The zero-order valence-corrected chi connectivity index (χ0v) is 8.13. The number of rotatable bonds is 4. The van der Waals surface area contributed by atoms with Gasteiger partial charge < -0.3 is 4.52 Å². The second kappa shape index (κ2) is 4.93. The van der Waals surface area contributed by atoms with Gasteiger partial charge in [-0.3, -0.25) is 4.89 Å². The van der Waals surface area contributed by atoms with Crippen molar-refractivity contribution in [2.75, 3.05) is 0 Å². The van der Waals surface area contributed by atoms with Crippen molar-refractivity contribution in [1.29, 1.82) is 0 Å². The van der Waals surface area contributed by atoms with Gasteiger partial charge in [0.2, 0.25) is 0 Å². The first-order chi connectivity index (χ1) is 6.64. The highest BCUT2D eigenvalue weighted by atomic mass is 31.2. The summed E-state index contributed by atoms with van der Waals surface area (Å²) in [4.78, 5) is 8.74. The molecular formula is C8H10NO4P. The van der Waals surface area contributed by atoms with E-state index in [1.165, 1.54) is 6.08 Å². The minimum atomic E-state index is -4.12. The molecule has 0 amide bonds. The molecule has 1 unspecified atom stereocenters. The summed E-state index contributed by atoms with van der Waals surface area (Å²) in [6, 6.07) is 9.14. The van der Waals surface area contributed by atoms with Crippen molar-refractivity contribution in [3.8, 4) is 0 Å². The van der Waals surface area contributed by atoms with Crippen molar-refractivity contribution >= 4 is 13.9 Å². The fourth-order valence-electron chi connectivity index (χ4n) is 0.775. The van der Waals surface area contributed by atoms with E-state index in [1.54, 1.807) is 0 Å². The van der Waals surface area contributed by atoms with Crippen LogP contribution in [-0.2, 0) is 13.7 Å². The van der Waals surface area contributed by atoms with Crippen LogP contribution in [-0.4, -0.2) is 4.89 Å². The van der Waals surface area contributed by atoms with Crippen LogP contribution in [0.4, 0.5) is 0 Å². The van der Waals surface area contributed by atoms with Gasteiger partial charge in [0.05, 0.1) is 6.26 Å². The molecule has 1 rings (SSSR count). The molecule has 0 fully saturated rings. The molecule has 14 heavy (non-hydrogen) atoms. The van der Waals surface area contributed by atoms with Crippen LogP contribution in [0, 0.1) is 0 Å². The third kappa shape index (κ3) is 3.72. The van der Waals surface area contributed by atoms with Gasteiger partial charge in [0.25, 0.3) is 0 Å². The molecule has 0 aliphatic rings. The number of nitrogens with two attached hydrogens (primary N) is 1. The maximum Gasteiger partial charge on any atom is 0.543 e. The number of hydrogen-bond donors (Lipinski definition) is 2. The first-order valence-electron chi connectivity index (χ1n) is 3.75. The molecule has 1 aromatic rings. The normalized spacial score (nSPS) is 15.3. The summed E-state index contributed by atoms with van der Waals surface area (Å²) in [5.74, 6) is 4.51. The maximum absolute atomic E-state index is 10.7. The number of phosphoric ester groups is 1. The van der Waals surface area contributed by atoms with Crippen LogP contribution >= 0.6 is 7.82 Å². The Kier molecular flexibility index (Phi) is 3.85. The molecule has 0 aromatic heterocycles. The highest BCUT2D eigenvalue weighted by Gasteiger charge is 2.18. The molecule has 1 aromatic carbocycles. The molecule has 0 spiro atoms. The summed E-state index contributed by atoms with van der Waals surface area (Å²) in [6.45, 7) is 0. The van der Waals surface area contributed by atoms with E-state index in [0.29, 0.717) is 0 Å². The van der Waals surface area contributed by atoms with Crippen molar-refractivity contribution in [2.24, 2.45) is 5.90 Å². The van der Waals surface area contributed by atoms with Crippen LogP contribution < -0.4 is 5.90 Å². The molecule has 0 aliphatic heterocycles. The fourth-order valence-corrected chi connectivity index (χ4v) is 1.04. The standard InChI is InChI=1S/C8H10NO4P/c9-13-14(10,11)12-7-6-8-4-2-1-3-5-8/h1-7H,9H2,(H,10,11). The Hall–Kier alpha value is -1.13. The average molecular weight is 215 g/mol. The Balaban J connectivity index is 2.54. The van der Waals surface area contributed by atoms with Crippen molar-refractivity contribution in [3.63, 3.8) is 0 Å². The molecule has 76 valence electrons. The van der Waals surface area contributed by atoms with Crippen LogP contribution in [0.3, 0.4) is 0 Å². The molecule has 0 bridgehead atoms. The van der Waals surface area contributed by atoms with Crippen LogP contribution in [0.2, 0.25) is 0 Å². The molecule has 1 atom stereocenters. The lowest BCUT2D eigenvalue weighted by atomic mass is 10.2. The lowest BCUT2D eigenvalue weighted by Gasteiger charge is -2.04. The quantitative estimate of drug-likeness (QED) is 0.453. The Morgan fingerprint density at radius 1 is 1.36 bits per heavy atom. The van der Waals surface area contributed by atoms with E-state index >= 15 is 0 Å². The zero-order chi connectivity index (χ0) is 10.4. The summed E-state index contributed by atoms with van der Waals surface area (Å²) < 4.78 is 18.8. The van der Waals surface area contributed by atoms with E-state index in [0.717, 1.165) is 11.8 Å². The van der Waals surface area contributed by atoms with Crippen LogP contribution in [0.5, 0.6) is 0 Å². The minimum Gasteiger partial charge on any atom is -0.411 e. The molecule has 0 saturated heterocycles. The molecule has 6 heteroatoms. The van der Waals surface area contributed by atoms with E-state index < -0.39 is 7.82 Å². The highest BCUT2D eigenvalue weighted by molar-refractivity contribution is 7.47. The topological polar surface area (TPSA) is 81.8 Å². The van der Waals surface area contributed by atoms with E-state index in [4.69, 9.17) is 4.89 Å². The van der Waals surface area contributed by atoms with E-state index in [9.17, 15) is 4.57 Å². The van der Waals surface area contributed by atoms with Crippen LogP contribution in [0.15, 0.2) is 36.6 Å². The SMILES string of the molecule is NOP(=O)(O)OC=Cc1ccccc1. The molecule has 0 saturated carbocycles. The van der Waals surface area contributed by atoms with Gasteiger partial charge >= 0.3 is 7.82 Å². The Morgan fingerprint density at radius 3 is 2.57 bits per heavy atom. The Morgan fingerprint density at radius 2 is 2.00 bits per heavy atom. The van der Waals surface area contributed by atoms with Gasteiger partial charge in [0.15, 0.2) is 0 Å². The fraction of sp³-hybridized carbons (Fsp3) is 0. The number of phosphoric acid groups is 1. The number of benzene rings is 1. The van der Waals surface area contributed by atoms with Crippen molar-refractivity contribution in [2.45, 2.75) is 0 Å².